The molecular formula is C20H16F3N3O3. The quantitative estimate of drug-likeness (QED) is 0.589. The number of furan rings is 1. The Hall–Kier alpha value is -3.36. The van der Waals surface area contributed by atoms with Crippen LogP contribution in [0.2, 0.25) is 0 Å². The van der Waals surface area contributed by atoms with Crippen LogP contribution in [0, 0.1) is 0 Å². The fraction of sp³-hybridized carbons (Fsp3) is 0.250. The molecule has 0 aliphatic carbocycles. The van der Waals surface area contributed by atoms with E-state index in [9.17, 15) is 18.0 Å². The third kappa shape index (κ3) is 4.08. The van der Waals surface area contributed by atoms with Crippen LogP contribution in [-0.2, 0) is 11.0 Å². The smallest absolute Gasteiger partial charge is 0.416 e. The van der Waals surface area contributed by atoms with Crippen molar-refractivity contribution in [2.45, 2.75) is 25.1 Å². The molecule has 0 saturated carbocycles. The lowest BCUT2D eigenvalue weighted by atomic mass is 10.1. The van der Waals surface area contributed by atoms with E-state index in [1.165, 1.54) is 24.5 Å². The average molecular weight is 403 g/mol. The summed E-state index contributed by atoms with van der Waals surface area (Å²) >= 11 is 0. The molecule has 9 heteroatoms. The van der Waals surface area contributed by atoms with Crippen LogP contribution in [0.25, 0.3) is 17.5 Å². The van der Waals surface area contributed by atoms with Crippen molar-refractivity contribution in [3.63, 3.8) is 0 Å². The second-order valence-corrected chi connectivity index (χ2v) is 6.57. The molecule has 1 fully saturated rings. The van der Waals surface area contributed by atoms with Crippen LogP contribution in [-0.4, -0.2) is 27.5 Å². The predicted molar refractivity (Wildman–Crippen MR) is 96.2 cm³/mol. The molecule has 2 aromatic heterocycles. The second-order valence-electron chi connectivity index (χ2n) is 6.57. The standard InChI is InChI=1S/C20H16F3N3O3/c21-20(22,23)14-5-1-4-13(12-14)18-24-19(29-25-18)16-7-2-10-26(16)17(27)9-8-15-6-3-11-28-15/h1,3-6,8-9,11-12,16H,2,7,10H2/b9-8+/t16-/m1/s1. The minimum absolute atomic E-state index is 0.0523. The van der Waals surface area contributed by atoms with E-state index in [0.29, 0.717) is 18.7 Å². The fourth-order valence-corrected chi connectivity index (χ4v) is 3.24. The molecule has 0 unspecified atom stereocenters. The van der Waals surface area contributed by atoms with E-state index in [4.69, 9.17) is 8.94 Å². The number of hydrogen-bond acceptors (Lipinski definition) is 5. The van der Waals surface area contributed by atoms with Crippen LogP contribution in [0.15, 0.2) is 57.7 Å². The summed E-state index contributed by atoms with van der Waals surface area (Å²) in [6, 6.07) is 7.75. The van der Waals surface area contributed by atoms with Gasteiger partial charge in [-0.3, -0.25) is 4.79 Å². The van der Waals surface area contributed by atoms with Crippen molar-refractivity contribution >= 4 is 12.0 Å². The van der Waals surface area contributed by atoms with E-state index >= 15 is 0 Å². The maximum absolute atomic E-state index is 12.9. The van der Waals surface area contributed by atoms with E-state index in [1.807, 2.05) is 0 Å². The Morgan fingerprint density at radius 3 is 2.86 bits per heavy atom. The Bertz CT molecular complexity index is 1030. The highest BCUT2D eigenvalue weighted by molar-refractivity contribution is 5.91. The SMILES string of the molecule is O=C(/C=C/c1ccco1)N1CCC[C@@H]1c1nc(-c2cccc(C(F)(F)F)c2)no1. The third-order valence-electron chi connectivity index (χ3n) is 4.64. The number of nitrogens with zero attached hydrogens (tertiary/aromatic N) is 3. The molecule has 0 N–H and O–H groups in total. The van der Waals surface area contributed by atoms with Gasteiger partial charge in [0.25, 0.3) is 0 Å². The number of hydrogen-bond donors (Lipinski definition) is 0. The first kappa shape index (κ1) is 19.0. The van der Waals surface area contributed by atoms with Crippen LogP contribution in [0.4, 0.5) is 13.2 Å². The van der Waals surface area contributed by atoms with Gasteiger partial charge in [0.1, 0.15) is 11.8 Å². The highest BCUT2D eigenvalue weighted by Gasteiger charge is 2.34. The number of amides is 1. The number of carbonyl (C=O) groups is 1. The molecule has 1 amide bonds. The average Bonchev–Trinajstić information content (AvgIpc) is 3.46. The summed E-state index contributed by atoms with van der Waals surface area (Å²) < 4.78 is 49.2. The molecule has 29 heavy (non-hydrogen) atoms. The maximum Gasteiger partial charge on any atom is 0.416 e. The maximum atomic E-state index is 12.9. The minimum atomic E-state index is -4.46. The molecule has 1 aliphatic heterocycles. The van der Waals surface area contributed by atoms with Crippen molar-refractivity contribution < 1.29 is 26.9 Å². The van der Waals surface area contributed by atoms with Gasteiger partial charge in [-0.25, -0.2) is 0 Å². The summed E-state index contributed by atoms with van der Waals surface area (Å²) in [6.45, 7) is 0.521. The highest BCUT2D eigenvalue weighted by Crippen LogP contribution is 2.34. The number of benzene rings is 1. The van der Waals surface area contributed by atoms with Gasteiger partial charge in [0.15, 0.2) is 0 Å². The molecule has 1 aromatic carbocycles. The summed E-state index contributed by atoms with van der Waals surface area (Å²) in [7, 11) is 0. The largest absolute Gasteiger partial charge is 0.465 e. The number of halogens is 3. The first-order valence-electron chi connectivity index (χ1n) is 8.95. The van der Waals surface area contributed by atoms with Gasteiger partial charge in [-0.1, -0.05) is 17.3 Å². The zero-order valence-corrected chi connectivity index (χ0v) is 15.1. The Morgan fingerprint density at radius 2 is 2.10 bits per heavy atom. The van der Waals surface area contributed by atoms with Crippen LogP contribution in [0.3, 0.4) is 0 Å². The minimum Gasteiger partial charge on any atom is -0.465 e. The zero-order chi connectivity index (χ0) is 20.4. The molecular weight excluding hydrogens is 387 g/mol. The lowest BCUT2D eigenvalue weighted by Gasteiger charge is -2.19. The van der Waals surface area contributed by atoms with Gasteiger partial charge in [0, 0.05) is 18.2 Å². The fourth-order valence-electron chi connectivity index (χ4n) is 3.24. The van der Waals surface area contributed by atoms with E-state index in [1.54, 1.807) is 23.1 Å². The summed E-state index contributed by atoms with van der Waals surface area (Å²) in [5, 5.41) is 3.81. The first-order chi connectivity index (χ1) is 13.9. The molecule has 0 radical (unpaired) electrons. The number of rotatable bonds is 4. The monoisotopic (exact) mass is 403 g/mol. The van der Waals surface area contributed by atoms with Crippen molar-refractivity contribution in [3.8, 4) is 11.4 Å². The van der Waals surface area contributed by atoms with Crippen LogP contribution in [0.5, 0.6) is 0 Å². The Kier molecular flexibility index (Phi) is 4.96. The topological polar surface area (TPSA) is 72.4 Å². The van der Waals surface area contributed by atoms with Crippen molar-refractivity contribution in [3.05, 3.63) is 66.0 Å². The normalized spacial score (nSPS) is 17.3. The summed E-state index contributed by atoms with van der Waals surface area (Å²) in [5.74, 6) is 0.577. The number of likely N-dealkylation sites (tertiary alicyclic amines) is 1. The zero-order valence-electron chi connectivity index (χ0n) is 15.1. The van der Waals surface area contributed by atoms with Crippen molar-refractivity contribution in [2.75, 3.05) is 6.54 Å². The Labute approximate surface area is 163 Å². The second kappa shape index (κ2) is 7.57. The van der Waals surface area contributed by atoms with Crippen LogP contribution in [0.1, 0.15) is 36.1 Å². The predicted octanol–water partition coefficient (Wildman–Crippen LogP) is 4.73. The molecule has 1 atom stereocenters. The van der Waals surface area contributed by atoms with Crippen LogP contribution >= 0.6 is 0 Å². The Morgan fingerprint density at radius 1 is 1.24 bits per heavy atom. The molecule has 4 rings (SSSR count). The molecule has 150 valence electrons. The van der Waals surface area contributed by atoms with Gasteiger partial charge in [0.05, 0.1) is 11.8 Å². The van der Waals surface area contributed by atoms with Gasteiger partial charge >= 0.3 is 6.18 Å². The number of alkyl halides is 3. The lowest BCUT2D eigenvalue weighted by Crippen LogP contribution is -2.29. The van der Waals surface area contributed by atoms with E-state index < -0.39 is 17.8 Å². The third-order valence-corrected chi connectivity index (χ3v) is 4.64. The molecule has 6 nitrogen and oxygen atoms in total. The molecule has 0 bridgehead atoms. The summed E-state index contributed by atoms with van der Waals surface area (Å²) in [5.41, 5.74) is -0.592. The van der Waals surface area contributed by atoms with Crippen molar-refractivity contribution in [2.24, 2.45) is 0 Å². The molecule has 3 heterocycles. The van der Waals surface area contributed by atoms with E-state index in [2.05, 4.69) is 10.1 Å². The molecule has 3 aromatic rings. The number of aromatic nitrogens is 2. The van der Waals surface area contributed by atoms with Gasteiger partial charge in [-0.2, -0.15) is 18.2 Å². The van der Waals surface area contributed by atoms with Gasteiger partial charge in [-0.15, -0.1) is 0 Å². The van der Waals surface area contributed by atoms with E-state index in [-0.39, 0.29) is 23.2 Å². The first-order valence-corrected chi connectivity index (χ1v) is 8.95. The molecule has 1 aliphatic rings. The Balaban J connectivity index is 1.53. The number of carbonyl (C=O) groups excluding carboxylic acids is 1. The molecule has 0 spiro atoms. The molecule has 1 saturated heterocycles. The van der Waals surface area contributed by atoms with Gasteiger partial charge in [0.2, 0.25) is 17.6 Å². The van der Waals surface area contributed by atoms with Crippen molar-refractivity contribution in [1.82, 2.24) is 15.0 Å². The summed E-state index contributed by atoms with van der Waals surface area (Å²) in [6.07, 6.45) is 1.41. The van der Waals surface area contributed by atoms with E-state index in [0.717, 1.165) is 18.6 Å². The lowest BCUT2D eigenvalue weighted by molar-refractivity contribution is -0.137. The summed E-state index contributed by atoms with van der Waals surface area (Å²) in [4.78, 5) is 18.4. The van der Waals surface area contributed by atoms with Gasteiger partial charge in [-0.05, 0) is 43.2 Å². The van der Waals surface area contributed by atoms with Crippen LogP contribution < -0.4 is 0 Å². The highest BCUT2D eigenvalue weighted by atomic mass is 19.4. The van der Waals surface area contributed by atoms with Gasteiger partial charge < -0.3 is 13.8 Å². The van der Waals surface area contributed by atoms with Crippen molar-refractivity contribution in [1.29, 1.82) is 0 Å².